The molecule has 1 unspecified atom stereocenters. The summed E-state index contributed by atoms with van der Waals surface area (Å²) in [6.07, 6.45) is -0.418. The van der Waals surface area contributed by atoms with Gasteiger partial charge in [-0.15, -0.1) is 0 Å². The van der Waals surface area contributed by atoms with Crippen LogP contribution < -0.4 is 5.32 Å². The number of carbonyl (C=O) groups is 2. The van der Waals surface area contributed by atoms with Gasteiger partial charge in [-0.1, -0.05) is 0 Å². The number of Topliss-reactive ketones (excluding diaryl/α,β-unsaturated/α-hetero) is 1. The first-order valence-electron chi connectivity index (χ1n) is 6.57. The Balaban J connectivity index is 3.04. The number of aliphatic hydroxyl groups is 1. The van der Waals surface area contributed by atoms with Crippen molar-refractivity contribution in [2.45, 2.75) is 38.8 Å². The molecule has 1 aromatic carbocycles. The van der Waals surface area contributed by atoms with Gasteiger partial charge in [0.25, 0.3) is 0 Å². The fourth-order valence-electron chi connectivity index (χ4n) is 1.90. The normalized spacial score (nSPS) is 13.0. The lowest BCUT2D eigenvalue weighted by Gasteiger charge is -2.29. The third kappa shape index (κ3) is 4.91. The number of carboxylic acid groups (broad SMARTS) is 1. The minimum Gasteiger partial charge on any atom is -0.481 e. The van der Waals surface area contributed by atoms with E-state index in [-0.39, 0.29) is 12.2 Å². The number of aryl methyl sites for hydroxylation is 1. The van der Waals surface area contributed by atoms with Crippen LogP contribution in [0.25, 0.3) is 0 Å². The molecular formula is C15H20FNO4. The number of halogens is 1. The lowest BCUT2D eigenvalue weighted by molar-refractivity contribution is -0.137. The molecule has 0 fully saturated rings. The van der Waals surface area contributed by atoms with E-state index in [1.54, 1.807) is 13.8 Å². The Hall–Kier alpha value is -1.79. The average Bonchev–Trinajstić information content (AvgIpc) is 2.39. The monoisotopic (exact) mass is 297 g/mol. The molecular weight excluding hydrogens is 277 g/mol. The molecule has 21 heavy (non-hydrogen) atoms. The summed E-state index contributed by atoms with van der Waals surface area (Å²) in [7, 11) is 0. The summed E-state index contributed by atoms with van der Waals surface area (Å²) in [5.74, 6) is -2.00. The van der Waals surface area contributed by atoms with Crippen LogP contribution in [0.3, 0.4) is 0 Å². The molecule has 1 rings (SSSR count). The highest BCUT2D eigenvalue weighted by atomic mass is 19.1. The minimum absolute atomic E-state index is 0.237. The quantitative estimate of drug-likeness (QED) is 0.664. The van der Waals surface area contributed by atoms with E-state index < -0.39 is 35.6 Å². The van der Waals surface area contributed by atoms with Gasteiger partial charge in [-0.05, 0) is 44.5 Å². The van der Waals surface area contributed by atoms with Crippen molar-refractivity contribution in [3.63, 3.8) is 0 Å². The number of aliphatic hydroxyl groups excluding tert-OH is 1. The van der Waals surface area contributed by atoms with Gasteiger partial charge >= 0.3 is 5.97 Å². The van der Waals surface area contributed by atoms with Gasteiger partial charge in [-0.2, -0.15) is 0 Å². The topological polar surface area (TPSA) is 86.6 Å². The predicted molar refractivity (Wildman–Crippen MR) is 75.8 cm³/mol. The summed E-state index contributed by atoms with van der Waals surface area (Å²) in [6, 6.07) is 2.90. The number of nitrogens with one attached hydrogen (secondary N) is 1. The van der Waals surface area contributed by atoms with Gasteiger partial charge in [0.2, 0.25) is 0 Å². The highest BCUT2D eigenvalue weighted by Gasteiger charge is 2.29. The van der Waals surface area contributed by atoms with Crippen LogP contribution in [-0.4, -0.2) is 40.2 Å². The van der Waals surface area contributed by atoms with E-state index in [0.29, 0.717) is 5.56 Å². The third-order valence-electron chi connectivity index (χ3n) is 3.10. The van der Waals surface area contributed by atoms with E-state index in [0.717, 1.165) is 0 Å². The molecule has 5 nitrogen and oxygen atoms in total. The summed E-state index contributed by atoms with van der Waals surface area (Å²) in [6.45, 7) is 4.60. The Morgan fingerprint density at radius 3 is 2.48 bits per heavy atom. The molecule has 0 aliphatic rings. The highest BCUT2D eigenvalue weighted by molar-refractivity contribution is 6.01. The molecule has 6 heteroatoms. The average molecular weight is 297 g/mol. The van der Waals surface area contributed by atoms with E-state index in [2.05, 4.69) is 5.32 Å². The van der Waals surface area contributed by atoms with E-state index >= 15 is 0 Å². The van der Waals surface area contributed by atoms with Gasteiger partial charge in [0.1, 0.15) is 5.82 Å². The molecule has 1 atom stereocenters. The number of ketones is 1. The van der Waals surface area contributed by atoms with Crippen LogP contribution in [0.2, 0.25) is 0 Å². The fourth-order valence-corrected chi connectivity index (χ4v) is 1.90. The number of carboxylic acids is 1. The number of benzene rings is 1. The zero-order valence-corrected chi connectivity index (χ0v) is 12.3. The molecule has 0 amide bonds. The van der Waals surface area contributed by atoms with Crippen LogP contribution in [0.15, 0.2) is 18.2 Å². The van der Waals surface area contributed by atoms with Crippen molar-refractivity contribution < 1.29 is 24.2 Å². The molecule has 0 radical (unpaired) electrons. The lowest BCUT2D eigenvalue weighted by atomic mass is 9.96. The number of aliphatic carboxylic acids is 1. The summed E-state index contributed by atoms with van der Waals surface area (Å²) in [4.78, 5) is 23.3. The first kappa shape index (κ1) is 17.3. The second-order valence-corrected chi connectivity index (χ2v) is 5.66. The third-order valence-corrected chi connectivity index (χ3v) is 3.10. The fraction of sp³-hybridized carbons (Fsp3) is 0.467. The van der Waals surface area contributed by atoms with Crippen molar-refractivity contribution in [2.75, 3.05) is 6.61 Å². The number of hydrogen-bond donors (Lipinski definition) is 3. The maximum Gasteiger partial charge on any atom is 0.305 e. The van der Waals surface area contributed by atoms with Crippen molar-refractivity contribution >= 4 is 11.8 Å². The maximum atomic E-state index is 13.2. The second-order valence-electron chi connectivity index (χ2n) is 5.66. The molecule has 1 aromatic rings. The molecule has 3 N–H and O–H groups in total. The SMILES string of the molecule is Cc1cc(C(=O)C(CC(=O)O)NC(C)(C)CO)ccc1F. The van der Waals surface area contributed by atoms with Crippen LogP contribution in [-0.2, 0) is 4.79 Å². The van der Waals surface area contributed by atoms with Crippen molar-refractivity contribution in [2.24, 2.45) is 0 Å². The molecule has 0 saturated heterocycles. The van der Waals surface area contributed by atoms with E-state index in [9.17, 15) is 19.1 Å². The molecule has 0 saturated carbocycles. The van der Waals surface area contributed by atoms with Crippen LogP contribution in [0, 0.1) is 12.7 Å². The van der Waals surface area contributed by atoms with E-state index in [1.807, 2.05) is 0 Å². The van der Waals surface area contributed by atoms with Gasteiger partial charge in [-0.25, -0.2) is 4.39 Å². The van der Waals surface area contributed by atoms with Crippen molar-refractivity contribution in [1.82, 2.24) is 5.32 Å². The molecule has 0 aliphatic carbocycles. The summed E-state index contributed by atoms with van der Waals surface area (Å²) >= 11 is 0. The number of rotatable bonds is 7. The van der Waals surface area contributed by atoms with Gasteiger partial charge in [0, 0.05) is 11.1 Å². The molecule has 0 heterocycles. The maximum absolute atomic E-state index is 13.2. The van der Waals surface area contributed by atoms with Crippen molar-refractivity contribution in [3.8, 4) is 0 Å². The summed E-state index contributed by atoms with van der Waals surface area (Å²) in [5, 5.41) is 21.0. The van der Waals surface area contributed by atoms with Gasteiger partial charge in [0.05, 0.1) is 19.1 Å². The molecule has 0 spiro atoms. The van der Waals surface area contributed by atoms with E-state index in [1.165, 1.54) is 25.1 Å². The van der Waals surface area contributed by atoms with Gasteiger partial charge < -0.3 is 10.2 Å². The van der Waals surface area contributed by atoms with Gasteiger partial charge in [0.15, 0.2) is 5.78 Å². The Kier molecular flexibility index (Phi) is 5.57. The summed E-state index contributed by atoms with van der Waals surface area (Å²) < 4.78 is 13.2. The predicted octanol–water partition coefficient (Wildman–Crippen LogP) is 1.52. The summed E-state index contributed by atoms with van der Waals surface area (Å²) in [5.41, 5.74) is -0.247. The largest absolute Gasteiger partial charge is 0.481 e. The Bertz CT molecular complexity index is 542. The number of carbonyl (C=O) groups excluding carboxylic acids is 1. The molecule has 0 aromatic heterocycles. The Labute approximate surface area is 122 Å². The van der Waals surface area contributed by atoms with Crippen molar-refractivity contribution in [3.05, 3.63) is 35.1 Å². The first-order valence-corrected chi connectivity index (χ1v) is 6.57. The standard InChI is InChI=1S/C15H20FNO4/c1-9-6-10(4-5-11(9)16)14(21)12(7-13(19)20)17-15(2,3)8-18/h4-6,12,17-18H,7-8H2,1-3H3,(H,19,20). The van der Waals surface area contributed by atoms with Crippen LogP contribution in [0.1, 0.15) is 36.2 Å². The van der Waals surface area contributed by atoms with Gasteiger partial charge in [-0.3, -0.25) is 14.9 Å². The number of hydrogen-bond acceptors (Lipinski definition) is 4. The zero-order valence-electron chi connectivity index (χ0n) is 12.3. The second kappa shape index (κ2) is 6.78. The molecule has 0 bridgehead atoms. The smallest absolute Gasteiger partial charge is 0.305 e. The van der Waals surface area contributed by atoms with Crippen molar-refractivity contribution in [1.29, 1.82) is 0 Å². The first-order chi connectivity index (χ1) is 9.66. The van der Waals surface area contributed by atoms with Crippen LogP contribution in [0.5, 0.6) is 0 Å². The molecule has 116 valence electrons. The Morgan fingerprint density at radius 1 is 1.38 bits per heavy atom. The van der Waals surface area contributed by atoms with E-state index in [4.69, 9.17) is 5.11 Å². The lowest BCUT2D eigenvalue weighted by Crippen LogP contribution is -2.52. The highest BCUT2D eigenvalue weighted by Crippen LogP contribution is 2.14. The van der Waals surface area contributed by atoms with Crippen LogP contribution >= 0.6 is 0 Å². The minimum atomic E-state index is -1.13. The zero-order chi connectivity index (χ0) is 16.2. The van der Waals surface area contributed by atoms with Crippen LogP contribution in [0.4, 0.5) is 4.39 Å². The molecule has 0 aliphatic heterocycles. The Morgan fingerprint density at radius 2 is 2.00 bits per heavy atom.